The molecule has 96 valence electrons. The summed E-state index contributed by atoms with van der Waals surface area (Å²) in [7, 11) is 0. The second kappa shape index (κ2) is 5.62. The molecule has 5 nitrogen and oxygen atoms in total. The first kappa shape index (κ1) is 13.2. The minimum absolute atomic E-state index is 0.0949. The largest absolute Gasteiger partial charge is 0.478 e. The molecular weight excluding hydrogens is 264 g/mol. The summed E-state index contributed by atoms with van der Waals surface area (Å²) in [5, 5.41) is 9.45. The summed E-state index contributed by atoms with van der Waals surface area (Å²) in [4.78, 5) is 30.8. The number of carbonyl (C=O) groups is 2. The van der Waals surface area contributed by atoms with E-state index < -0.39 is 5.97 Å². The van der Waals surface area contributed by atoms with Crippen molar-refractivity contribution in [2.45, 2.75) is 16.8 Å². The molecule has 0 bridgehead atoms. The number of carboxylic acids is 1. The fourth-order valence-electron chi connectivity index (χ4n) is 1.37. The Kier molecular flexibility index (Phi) is 3.91. The molecule has 0 unspecified atom stereocenters. The first-order chi connectivity index (χ1) is 9.06. The molecule has 0 fully saturated rings. The standard InChI is InChI=1S/C13H10N2O3S/c1-8(16)11-3-2-10(7-15-11)19-12-6-9(13(17)18)4-5-14-12/h2-7H,1H3,(H,17,18). The molecule has 0 aromatic carbocycles. The highest BCUT2D eigenvalue weighted by Gasteiger charge is 2.06. The molecule has 2 heterocycles. The molecule has 19 heavy (non-hydrogen) atoms. The van der Waals surface area contributed by atoms with Crippen molar-refractivity contribution in [3.8, 4) is 0 Å². The van der Waals surface area contributed by atoms with E-state index in [4.69, 9.17) is 5.11 Å². The zero-order valence-corrected chi connectivity index (χ0v) is 10.8. The van der Waals surface area contributed by atoms with Gasteiger partial charge in [0.05, 0.1) is 5.56 Å². The average Bonchev–Trinajstić information content (AvgIpc) is 2.39. The van der Waals surface area contributed by atoms with Gasteiger partial charge in [0.1, 0.15) is 10.7 Å². The Bertz CT molecular complexity index is 626. The van der Waals surface area contributed by atoms with E-state index in [1.807, 2.05) is 0 Å². The van der Waals surface area contributed by atoms with Crippen LogP contribution < -0.4 is 0 Å². The maximum absolute atomic E-state index is 11.1. The first-order valence-corrected chi connectivity index (χ1v) is 6.22. The quantitative estimate of drug-likeness (QED) is 0.863. The van der Waals surface area contributed by atoms with Gasteiger partial charge in [0, 0.05) is 24.2 Å². The zero-order chi connectivity index (χ0) is 13.8. The summed E-state index contributed by atoms with van der Waals surface area (Å²) in [6.07, 6.45) is 3.01. The van der Waals surface area contributed by atoms with E-state index in [1.165, 1.54) is 37.0 Å². The van der Waals surface area contributed by atoms with E-state index in [9.17, 15) is 9.59 Å². The Morgan fingerprint density at radius 3 is 2.58 bits per heavy atom. The van der Waals surface area contributed by atoms with Crippen molar-refractivity contribution in [1.29, 1.82) is 0 Å². The van der Waals surface area contributed by atoms with Gasteiger partial charge in [0.15, 0.2) is 5.78 Å². The predicted octanol–water partition coefficient (Wildman–Crippen LogP) is 2.53. The fraction of sp³-hybridized carbons (Fsp3) is 0.0769. The smallest absolute Gasteiger partial charge is 0.335 e. The summed E-state index contributed by atoms with van der Waals surface area (Å²) in [6, 6.07) is 6.31. The van der Waals surface area contributed by atoms with Gasteiger partial charge in [0.25, 0.3) is 0 Å². The number of ketones is 1. The summed E-state index contributed by atoms with van der Waals surface area (Å²) >= 11 is 1.29. The second-order valence-corrected chi connectivity index (χ2v) is 4.82. The van der Waals surface area contributed by atoms with Gasteiger partial charge in [-0.15, -0.1) is 0 Å². The number of nitrogens with zero attached hydrogens (tertiary/aromatic N) is 2. The monoisotopic (exact) mass is 274 g/mol. The summed E-state index contributed by atoms with van der Waals surface area (Å²) in [5.41, 5.74) is 0.586. The number of carboxylic acid groups (broad SMARTS) is 1. The Balaban J connectivity index is 2.19. The fourth-order valence-corrected chi connectivity index (χ4v) is 2.15. The Morgan fingerprint density at radius 1 is 1.21 bits per heavy atom. The van der Waals surface area contributed by atoms with Gasteiger partial charge in [-0.2, -0.15) is 0 Å². The van der Waals surface area contributed by atoms with E-state index in [2.05, 4.69) is 9.97 Å². The number of pyridine rings is 2. The SMILES string of the molecule is CC(=O)c1ccc(Sc2cc(C(=O)O)ccn2)cn1. The molecule has 0 aliphatic heterocycles. The van der Waals surface area contributed by atoms with Crippen LogP contribution in [0.4, 0.5) is 0 Å². The first-order valence-electron chi connectivity index (χ1n) is 5.40. The van der Waals surface area contributed by atoms with E-state index in [1.54, 1.807) is 18.3 Å². The van der Waals surface area contributed by atoms with E-state index in [0.29, 0.717) is 10.7 Å². The molecule has 1 N–H and O–H groups in total. The topological polar surface area (TPSA) is 80.2 Å². The van der Waals surface area contributed by atoms with Crippen molar-refractivity contribution in [1.82, 2.24) is 9.97 Å². The molecule has 2 aromatic rings. The van der Waals surface area contributed by atoms with Crippen LogP contribution in [-0.2, 0) is 0 Å². The van der Waals surface area contributed by atoms with Crippen LogP contribution in [0.15, 0.2) is 46.6 Å². The van der Waals surface area contributed by atoms with Crippen LogP contribution in [-0.4, -0.2) is 26.8 Å². The number of hydrogen-bond donors (Lipinski definition) is 1. The minimum atomic E-state index is -0.991. The van der Waals surface area contributed by atoms with Gasteiger partial charge in [-0.3, -0.25) is 9.78 Å². The van der Waals surface area contributed by atoms with Gasteiger partial charge >= 0.3 is 5.97 Å². The van der Waals surface area contributed by atoms with Crippen LogP contribution in [0.2, 0.25) is 0 Å². The predicted molar refractivity (Wildman–Crippen MR) is 69.6 cm³/mol. The maximum Gasteiger partial charge on any atom is 0.335 e. The summed E-state index contributed by atoms with van der Waals surface area (Å²) < 4.78 is 0. The Morgan fingerprint density at radius 2 is 2.00 bits per heavy atom. The van der Waals surface area contributed by atoms with Crippen LogP contribution in [0.3, 0.4) is 0 Å². The van der Waals surface area contributed by atoms with E-state index >= 15 is 0 Å². The molecule has 0 aliphatic carbocycles. The third-order valence-electron chi connectivity index (χ3n) is 2.30. The van der Waals surface area contributed by atoms with Gasteiger partial charge in [-0.05, 0) is 24.3 Å². The van der Waals surface area contributed by atoms with E-state index in [0.717, 1.165) is 4.90 Å². The number of aromatic nitrogens is 2. The Hall–Kier alpha value is -2.21. The van der Waals surface area contributed by atoms with Crippen LogP contribution in [0.1, 0.15) is 27.8 Å². The maximum atomic E-state index is 11.1. The molecule has 0 aliphatic rings. The lowest BCUT2D eigenvalue weighted by atomic mass is 10.3. The lowest BCUT2D eigenvalue weighted by Gasteiger charge is -2.02. The minimum Gasteiger partial charge on any atom is -0.478 e. The summed E-state index contributed by atoms with van der Waals surface area (Å²) in [5.74, 6) is -1.09. The molecule has 0 saturated heterocycles. The van der Waals surface area contributed by atoms with Crippen molar-refractivity contribution >= 4 is 23.5 Å². The zero-order valence-electron chi connectivity index (χ0n) is 10.0. The highest BCUT2D eigenvalue weighted by atomic mass is 32.2. The molecule has 2 rings (SSSR count). The molecular formula is C13H10N2O3S. The van der Waals surface area contributed by atoms with Gasteiger partial charge in [0.2, 0.25) is 0 Å². The highest BCUT2D eigenvalue weighted by Crippen LogP contribution is 2.25. The van der Waals surface area contributed by atoms with Crippen molar-refractivity contribution in [3.05, 3.63) is 47.9 Å². The van der Waals surface area contributed by atoms with Crippen molar-refractivity contribution in [2.75, 3.05) is 0 Å². The van der Waals surface area contributed by atoms with Crippen molar-refractivity contribution in [2.24, 2.45) is 0 Å². The molecule has 0 atom stereocenters. The van der Waals surface area contributed by atoms with Crippen LogP contribution in [0.5, 0.6) is 0 Å². The van der Waals surface area contributed by atoms with Gasteiger partial charge in [-0.25, -0.2) is 9.78 Å². The molecule has 0 radical (unpaired) electrons. The van der Waals surface area contributed by atoms with Crippen LogP contribution in [0.25, 0.3) is 0 Å². The normalized spacial score (nSPS) is 10.2. The highest BCUT2D eigenvalue weighted by molar-refractivity contribution is 7.99. The molecule has 0 spiro atoms. The van der Waals surface area contributed by atoms with Crippen molar-refractivity contribution < 1.29 is 14.7 Å². The second-order valence-electron chi connectivity index (χ2n) is 3.73. The third-order valence-corrected chi connectivity index (χ3v) is 3.21. The van der Waals surface area contributed by atoms with E-state index in [-0.39, 0.29) is 11.3 Å². The number of Topliss-reactive ketones (excluding diaryl/α,β-unsaturated/α-hetero) is 1. The van der Waals surface area contributed by atoms with Crippen LogP contribution >= 0.6 is 11.8 Å². The molecule has 0 saturated carbocycles. The lowest BCUT2D eigenvalue weighted by molar-refractivity contribution is 0.0696. The van der Waals surface area contributed by atoms with Gasteiger partial charge < -0.3 is 5.11 Å². The number of hydrogen-bond acceptors (Lipinski definition) is 5. The Labute approximate surface area is 113 Å². The average molecular weight is 274 g/mol. The number of aromatic carboxylic acids is 1. The molecule has 6 heteroatoms. The van der Waals surface area contributed by atoms with Crippen molar-refractivity contribution in [3.63, 3.8) is 0 Å². The number of rotatable bonds is 4. The third kappa shape index (κ3) is 3.38. The van der Waals surface area contributed by atoms with Gasteiger partial charge in [-0.1, -0.05) is 11.8 Å². The lowest BCUT2D eigenvalue weighted by Crippen LogP contribution is -1.97. The molecule has 0 amide bonds. The molecule has 2 aromatic heterocycles. The number of carbonyl (C=O) groups excluding carboxylic acids is 1. The summed E-state index contributed by atoms with van der Waals surface area (Å²) in [6.45, 7) is 1.45. The van der Waals surface area contributed by atoms with Crippen LogP contribution in [0, 0.1) is 0 Å².